The minimum absolute atomic E-state index is 0.114. The second-order valence-electron chi connectivity index (χ2n) is 3.85. The molecule has 0 amide bonds. The summed E-state index contributed by atoms with van der Waals surface area (Å²) in [6.45, 7) is 0. The van der Waals surface area contributed by atoms with Gasteiger partial charge in [0.2, 0.25) is 0 Å². The topological polar surface area (TPSA) is 43.8 Å². The van der Waals surface area contributed by atoms with Crippen LogP contribution in [0, 0.1) is 0 Å². The highest BCUT2D eigenvalue weighted by Crippen LogP contribution is 2.26. The molecule has 16 heavy (non-hydrogen) atoms. The Bertz CT molecular complexity index is 463. The predicted molar refractivity (Wildman–Crippen MR) is 70.5 cm³/mol. The van der Waals surface area contributed by atoms with E-state index < -0.39 is 0 Å². The Morgan fingerprint density at radius 3 is 3.00 bits per heavy atom. The van der Waals surface area contributed by atoms with Crippen LogP contribution in [0.4, 0.5) is 0 Å². The zero-order valence-corrected chi connectivity index (χ0v) is 11.5. The minimum Gasteiger partial charge on any atom is -0.324 e. The fourth-order valence-corrected chi connectivity index (χ4v) is 2.85. The van der Waals surface area contributed by atoms with Gasteiger partial charge in [-0.15, -0.1) is 11.3 Å². The van der Waals surface area contributed by atoms with Crippen molar-refractivity contribution in [1.29, 1.82) is 0 Å². The fraction of sp³-hybridized carbons (Fsp3) is 0.364. The van der Waals surface area contributed by atoms with Crippen LogP contribution in [-0.2, 0) is 13.5 Å². The molecule has 2 heterocycles. The van der Waals surface area contributed by atoms with Crippen molar-refractivity contribution in [1.82, 2.24) is 9.78 Å². The van der Waals surface area contributed by atoms with E-state index in [2.05, 4.69) is 32.5 Å². The lowest BCUT2D eigenvalue weighted by Crippen LogP contribution is -2.10. The Morgan fingerprint density at radius 1 is 1.62 bits per heavy atom. The molecule has 0 aliphatic carbocycles. The third-order valence-corrected chi connectivity index (χ3v) is 4.04. The smallest absolute Gasteiger partial charge is 0.0701 e. The Labute approximate surface area is 107 Å². The van der Waals surface area contributed by atoms with Gasteiger partial charge in [-0.2, -0.15) is 5.10 Å². The van der Waals surface area contributed by atoms with Crippen molar-refractivity contribution < 1.29 is 0 Å². The number of hydrogen-bond acceptors (Lipinski definition) is 3. The molecule has 1 unspecified atom stereocenters. The van der Waals surface area contributed by atoms with E-state index in [9.17, 15) is 0 Å². The van der Waals surface area contributed by atoms with Crippen molar-refractivity contribution in [3.63, 3.8) is 0 Å². The van der Waals surface area contributed by atoms with Crippen LogP contribution >= 0.6 is 27.3 Å². The maximum absolute atomic E-state index is 6.12. The van der Waals surface area contributed by atoms with E-state index in [4.69, 9.17) is 5.73 Å². The van der Waals surface area contributed by atoms with Gasteiger partial charge in [0.05, 0.1) is 9.98 Å². The molecule has 0 radical (unpaired) electrons. The lowest BCUT2D eigenvalue weighted by atomic mass is 10.0. The molecule has 2 aromatic heterocycles. The molecule has 0 saturated carbocycles. The standard InChI is InChI=1S/C11H14BrN3S/c1-15-6-8(5-14-15)2-3-10(13)9-4-11(12)16-7-9/h4-7,10H,2-3,13H2,1H3. The van der Waals surface area contributed by atoms with E-state index in [1.54, 1.807) is 11.3 Å². The molecule has 3 nitrogen and oxygen atoms in total. The summed E-state index contributed by atoms with van der Waals surface area (Å²) >= 11 is 5.13. The summed E-state index contributed by atoms with van der Waals surface area (Å²) in [6, 6.07) is 2.21. The third kappa shape index (κ3) is 2.93. The average Bonchev–Trinajstić information content (AvgIpc) is 2.84. The second kappa shape index (κ2) is 5.12. The van der Waals surface area contributed by atoms with Crippen LogP contribution in [0.25, 0.3) is 0 Å². The number of aryl methyl sites for hydroxylation is 2. The summed E-state index contributed by atoms with van der Waals surface area (Å²) in [4.78, 5) is 0. The SMILES string of the molecule is Cn1cc(CCC(N)c2csc(Br)c2)cn1. The highest BCUT2D eigenvalue weighted by Gasteiger charge is 2.08. The Morgan fingerprint density at radius 2 is 2.44 bits per heavy atom. The third-order valence-electron chi connectivity index (χ3n) is 2.52. The molecule has 0 aliphatic heterocycles. The zero-order chi connectivity index (χ0) is 11.5. The predicted octanol–water partition coefficient (Wildman–Crippen LogP) is 2.88. The molecule has 86 valence electrons. The van der Waals surface area contributed by atoms with Gasteiger partial charge in [0.25, 0.3) is 0 Å². The van der Waals surface area contributed by atoms with Crippen molar-refractivity contribution in [3.8, 4) is 0 Å². The van der Waals surface area contributed by atoms with E-state index in [0.29, 0.717) is 0 Å². The van der Waals surface area contributed by atoms with Crippen LogP contribution in [0.15, 0.2) is 27.6 Å². The van der Waals surface area contributed by atoms with Crippen molar-refractivity contribution >= 4 is 27.3 Å². The van der Waals surface area contributed by atoms with Gasteiger partial charge >= 0.3 is 0 Å². The molecule has 2 aromatic rings. The van der Waals surface area contributed by atoms with E-state index in [0.717, 1.165) is 16.6 Å². The fourth-order valence-electron chi connectivity index (χ4n) is 1.61. The summed E-state index contributed by atoms with van der Waals surface area (Å²) in [5, 5.41) is 6.25. The van der Waals surface area contributed by atoms with Gasteiger partial charge in [0, 0.05) is 19.3 Å². The maximum Gasteiger partial charge on any atom is 0.0701 e. The van der Waals surface area contributed by atoms with Crippen molar-refractivity contribution in [3.05, 3.63) is 38.8 Å². The molecule has 1 atom stereocenters. The molecule has 0 fully saturated rings. The molecule has 2 rings (SSSR count). The van der Waals surface area contributed by atoms with Gasteiger partial charge in [-0.05, 0) is 51.3 Å². The first kappa shape index (κ1) is 11.8. The normalized spacial score (nSPS) is 12.9. The molecule has 0 bridgehead atoms. The van der Waals surface area contributed by atoms with Crippen molar-refractivity contribution in [2.45, 2.75) is 18.9 Å². The number of aromatic nitrogens is 2. The zero-order valence-electron chi connectivity index (χ0n) is 9.06. The van der Waals surface area contributed by atoms with E-state index >= 15 is 0 Å². The van der Waals surface area contributed by atoms with Gasteiger partial charge < -0.3 is 5.73 Å². The lowest BCUT2D eigenvalue weighted by molar-refractivity contribution is 0.653. The maximum atomic E-state index is 6.12. The van der Waals surface area contributed by atoms with E-state index in [-0.39, 0.29) is 6.04 Å². The van der Waals surface area contributed by atoms with Crippen LogP contribution in [0.3, 0.4) is 0 Å². The summed E-state index contributed by atoms with van der Waals surface area (Å²) in [5.41, 5.74) is 8.57. The van der Waals surface area contributed by atoms with Gasteiger partial charge in [-0.25, -0.2) is 0 Å². The molecular formula is C11H14BrN3S. The molecule has 0 aliphatic rings. The highest BCUT2D eigenvalue weighted by molar-refractivity contribution is 9.11. The molecule has 0 saturated heterocycles. The number of halogens is 1. The van der Waals surface area contributed by atoms with E-state index in [1.807, 2.05) is 24.1 Å². The number of nitrogens with two attached hydrogens (primary N) is 1. The number of hydrogen-bond donors (Lipinski definition) is 1. The quantitative estimate of drug-likeness (QED) is 0.943. The van der Waals surface area contributed by atoms with Crippen LogP contribution in [-0.4, -0.2) is 9.78 Å². The summed E-state index contributed by atoms with van der Waals surface area (Å²) < 4.78 is 2.96. The molecule has 2 N–H and O–H groups in total. The number of nitrogens with zero attached hydrogens (tertiary/aromatic N) is 2. The largest absolute Gasteiger partial charge is 0.324 e. The van der Waals surface area contributed by atoms with Gasteiger partial charge in [0.15, 0.2) is 0 Å². The van der Waals surface area contributed by atoms with Crippen LogP contribution in [0.2, 0.25) is 0 Å². The van der Waals surface area contributed by atoms with Crippen LogP contribution < -0.4 is 5.73 Å². The van der Waals surface area contributed by atoms with Crippen molar-refractivity contribution in [2.75, 3.05) is 0 Å². The monoisotopic (exact) mass is 299 g/mol. The van der Waals surface area contributed by atoms with Crippen LogP contribution in [0.5, 0.6) is 0 Å². The Balaban J connectivity index is 1.91. The molecule has 0 spiro atoms. The number of rotatable bonds is 4. The highest BCUT2D eigenvalue weighted by atomic mass is 79.9. The van der Waals surface area contributed by atoms with E-state index in [1.165, 1.54) is 11.1 Å². The molecular weight excluding hydrogens is 286 g/mol. The molecule has 0 aromatic carbocycles. The van der Waals surface area contributed by atoms with Gasteiger partial charge in [0.1, 0.15) is 0 Å². The number of thiophene rings is 1. The first-order chi connectivity index (χ1) is 7.65. The van der Waals surface area contributed by atoms with Crippen LogP contribution in [0.1, 0.15) is 23.6 Å². The Hall–Kier alpha value is -0.650. The second-order valence-corrected chi connectivity index (χ2v) is 6.14. The summed E-state index contributed by atoms with van der Waals surface area (Å²) in [7, 11) is 1.93. The molecule has 5 heteroatoms. The summed E-state index contributed by atoms with van der Waals surface area (Å²) in [6.07, 6.45) is 5.86. The first-order valence-corrected chi connectivity index (χ1v) is 6.79. The summed E-state index contributed by atoms with van der Waals surface area (Å²) in [5.74, 6) is 0. The average molecular weight is 300 g/mol. The van der Waals surface area contributed by atoms with Gasteiger partial charge in [-0.3, -0.25) is 4.68 Å². The lowest BCUT2D eigenvalue weighted by Gasteiger charge is -2.08. The van der Waals surface area contributed by atoms with Gasteiger partial charge in [-0.1, -0.05) is 0 Å². The minimum atomic E-state index is 0.114. The van der Waals surface area contributed by atoms with Crippen molar-refractivity contribution in [2.24, 2.45) is 12.8 Å². The first-order valence-electron chi connectivity index (χ1n) is 5.12. The Kier molecular flexibility index (Phi) is 3.78.